The van der Waals surface area contributed by atoms with Crippen molar-refractivity contribution in [3.8, 4) is 0 Å². The zero-order valence-corrected chi connectivity index (χ0v) is 13.9. The average Bonchev–Trinajstić information content (AvgIpc) is 3.15. The number of rotatable bonds is 4. The van der Waals surface area contributed by atoms with Gasteiger partial charge in [-0.25, -0.2) is 4.98 Å². The van der Waals surface area contributed by atoms with E-state index in [4.69, 9.17) is 0 Å². The minimum absolute atomic E-state index is 0.127. The first-order chi connectivity index (χ1) is 12.3. The van der Waals surface area contributed by atoms with Crippen molar-refractivity contribution >= 4 is 22.8 Å². The van der Waals surface area contributed by atoms with Gasteiger partial charge in [-0.2, -0.15) is 15.4 Å². The van der Waals surface area contributed by atoms with E-state index in [2.05, 4.69) is 30.6 Å². The predicted molar refractivity (Wildman–Crippen MR) is 95.4 cm³/mol. The molecule has 0 saturated carbocycles. The van der Waals surface area contributed by atoms with Gasteiger partial charge in [0.2, 0.25) is 0 Å². The van der Waals surface area contributed by atoms with E-state index < -0.39 is 0 Å². The number of carbonyl (C=O) groups is 1. The lowest BCUT2D eigenvalue weighted by Gasteiger charge is -2.29. The van der Waals surface area contributed by atoms with Crippen molar-refractivity contribution in [2.24, 2.45) is 0 Å². The van der Waals surface area contributed by atoms with E-state index in [9.17, 15) is 4.79 Å². The van der Waals surface area contributed by atoms with Gasteiger partial charge in [-0.3, -0.25) is 4.79 Å². The summed E-state index contributed by atoms with van der Waals surface area (Å²) in [5.74, 6) is 0.854. The molecule has 0 bridgehead atoms. The number of hydrogen-bond donors (Lipinski definition) is 2. The Hall–Kier alpha value is -2.96. The molecule has 1 aliphatic heterocycles. The third-order valence-corrected chi connectivity index (χ3v) is 4.54. The molecule has 1 aromatic carbocycles. The molecule has 1 amide bonds. The number of pyridine rings is 1. The number of piperidine rings is 1. The standard InChI is InChI=1S/C18H20N6O/c25-18(13-6-7-15-16(11-13)22-23-21-15)20-12-14-5-4-8-19-17(14)24-9-2-1-3-10-24/h4-8,11H,1-3,9-10,12H2,(H,20,25)(H,21,22,23). The number of H-pyrrole nitrogens is 1. The quantitative estimate of drug-likeness (QED) is 0.763. The largest absolute Gasteiger partial charge is 0.356 e. The fourth-order valence-corrected chi connectivity index (χ4v) is 3.22. The smallest absolute Gasteiger partial charge is 0.251 e. The van der Waals surface area contributed by atoms with Gasteiger partial charge in [0.25, 0.3) is 5.91 Å². The first kappa shape index (κ1) is 15.6. The molecule has 4 rings (SSSR count). The highest BCUT2D eigenvalue weighted by Crippen LogP contribution is 2.21. The molecule has 7 heteroatoms. The van der Waals surface area contributed by atoms with Gasteiger partial charge >= 0.3 is 0 Å². The fourth-order valence-electron chi connectivity index (χ4n) is 3.22. The van der Waals surface area contributed by atoms with Crippen LogP contribution in [0.2, 0.25) is 0 Å². The number of nitrogens with one attached hydrogen (secondary N) is 2. The molecule has 1 saturated heterocycles. The maximum atomic E-state index is 12.5. The molecule has 1 aliphatic rings. The summed E-state index contributed by atoms with van der Waals surface area (Å²) in [5.41, 5.74) is 3.05. The molecule has 3 heterocycles. The van der Waals surface area contributed by atoms with E-state index in [0.717, 1.165) is 30.0 Å². The van der Waals surface area contributed by atoms with Crippen LogP contribution in [0.15, 0.2) is 36.5 Å². The number of nitrogens with zero attached hydrogens (tertiary/aromatic N) is 4. The van der Waals surface area contributed by atoms with Gasteiger partial charge in [0.05, 0.1) is 0 Å². The molecule has 2 aromatic heterocycles. The van der Waals surface area contributed by atoms with Gasteiger partial charge in [-0.1, -0.05) is 6.07 Å². The Kier molecular flexibility index (Phi) is 4.28. The number of benzene rings is 1. The van der Waals surface area contributed by atoms with E-state index >= 15 is 0 Å². The lowest BCUT2D eigenvalue weighted by molar-refractivity contribution is 0.0951. The topological polar surface area (TPSA) is 86.8 Å². The number of carbonyl (C=O) groups excluding carboxylic acids is 1. The van der Waals surface area contributed by atoms with Gasteiger partial charge in [0, 0.05) is 37.0 Å². The van der Waals surface area contributed by atoms with Crippen molar-refractivity contribution in [2.45, 2.75) is 25.8 Å². The Morgan fingerprint density at radius 2 is 1.96 bits per heavy atom. The van der Waals surface area contributed by atoms with Crippen LogP contribution >= 0.6 is 0 Å². The van der Waals surface area contributed by atoms with Crippen LogP contribution < -0.4 is 10.2 Å². The maximum absolute atomic E-state index is 12.5. The van der Waals surface area contributed by atoms with Crippen LogP contribution in [0, 0.1) is 0 Å². The van der Waals surface area contributed by atoms with E-state index in [-0.39, 0.29) is 5.91 Å². The average molecular weight is 336 g/mol. The minimum atomic E-state index is -0.127. The normalized spacial score (nSPS) is 14.6. The van der Waals surface area contributed by atoms with Crippen LogP contribution in [-0.2, 0) is 6.54 Å². The Labute approximate surface area is 145 Å². The van der Waals surface area contributed by atoms with Gasteiger partial charge in [0.15, 0.2) is 0 Å². The third kappa shape index (κ3) is 3.31. The van der Waals surface area contributed by atoms with Crippen LogP contribution in [0.4, 0.5) is 5.82 Å². The number of aromatic amines is 1. The number of fused-ring (bicyclic) bond motifs is 1. The van der Waals surface area contributed by atoms with E-state index in [1.54, 1.807) is 18.2 Å². The van der Waals surface area contributed by atoms with Crippen molar-refractivity contribution in [2.75, 3.05) is 18.0 Å². The molecule has 0 radical (unpaired) electrons. The molecule has 25 heavy (non-hydrogen) atoms. The lowest BCUT2D eigenvalue weighted by atomic mass is 10.1. The van der Waals surface area contributed by atoms with Crippen LogP contribution in [0.25, 0.3) is 11.0 Å². The van der Waals surface area contributed by atoms with Crippen molar-refractivity contribution in [1.29, 1.82) is 0 Å². The summed E-state index contributed by atoms with van der Waals surface area (Å²) in [4.78, 5) is 19.3. The fraction of sp³-hybridized carbons (Fsp3) is 0.333. The number of amides is 1. The van der Waals surface area contributed by atoms with Crippen LogP contribution in [0.5, 0.6) is 0 Å². The summed E-state index contributed by atoms with van der Waals surface area (Å²) in [6.07, 6.45) is 5.48. The number of hydrogen-bond acceptors (Lipinski definition) is 5. The van der Waals surface area contributed by atoms with Crippen molar-refractivity contribution in [1.82, 2.24) is 25.7 Å². The molecule has 0 spiro atoms. The summed E-state index contributed by atoms with van der Waals surface area (Å²) in [5, 5.41) is 13.6. The van der Waals surface area contributed by atoms with Gasteiger partial charge in [-0.15, -0.1) is 0 Å². The minimum Gasteiger partial charge on any atom is -0.356 e. The highest BCUT2D eigenvalue weighted by atomic mass is 16.1. The molecule has 0 aliphatic carbocycles. The Morgan fingerprint density at radius 3 is 2.84 bits per heavy atom. The zero-order valence-electron chi connectivity index (χ0n) is 13.9. The van der Waals surface area contributed by atoms with Crippen LogP contribution in [0.1, 0.15) is 35.2 Å². The predicted octanol–water partition coefficient (Wildman–Crippen LogP) is 2.27. The third-order valence-electron chi connectivity index (χ3n) is 4.54. The molecule has 3 aromatic rings. The SMILES string of the molecule is O=C(NCc1cccnc1N1CCCCC1)c1ccc2n[nH]nc2c1. The van der Waals surface area contributed by atoms with Gasteiger partial charge < -0.3 is 10.2 Å². The van der Waals surface area contributed by atoms with Crippen LogP contribution in [-0.4, -0.2) is 39.4 Å². The van der Waals surface area contributed by atoms with Gasteiger partial charge in [0.1, 0.15) is 16.9 Å². The molecule has 0 unspecified atom stereocenters. The summed E-state index contributed by atoms with van der Waals surface area (Å²) in [6.45, 7) is 2.51. The van der Waals surface area contributed by atoms with Crippen molar-refractivity contribution in [3.05, 3.63) is 47.7 Å². The molecular formula is C18H20N6O. The highest BCUT2D eigenvalue weighted by molar-refractivity contribution is 5.97. The Morgan fingerprint density at radius 1 is 1.12 bits per heavy atom. The van der Waals surface area contributed by atoms with Gasteiger partial charge in [-0.05, 0) is 43.5 Å². The molecule has 0 atom stereocenters. The van der Waals surface area contributed by atoms with E-state index in [1.165, 1.54) is 19.3 Å². The molecule has 7 nitrogen and oxygen atoms in total. The Balaban J connectivity index is 1.48. The van der Waals surface area contributed by atoms with Crippen molar-refractivity contribution < 1.29 is 4.79 Å². The molecular weight excluding hydrogens is 316 g/mol. The molecule has 128 valence electrons. The lowest BCUT2D eigenvalue weighted by Crippen LogP contribution is -2.32. The molecule has 1 fully saturated rings. The Bertz CT molecular complexity index is 884. The molecule has 2 N–H and O–H groups in total. The maximum Gasteiger partial charge on any atom is 0.251 e. The summed E-state index contributed by atoms with van der Waals surface area (Å²) in [7, 11) is 0. The second-order valence-electron chi connectivity index (χ2n) is 6.24. The number of anilines is 1. The second-order valence-corrected chi connectivity index (χ2v) is 6.24. The number of aromatic nitrogens is 4. The highest BCUT2D eigenvalue weighted by Gasteiger charge is 2.16. The monoisotopic (exact) mass is 336 g/mol. The summed E-state index contributed by atoms with van der Waals surface area (Å²) >= 11 is 0. The first-order valence-corrected chi connectivity index (χ1v) is 8.59. The second kappa shape index (κ2) is 6.88. The van der Waals surface area contributed by atoms with E-state index in [1.807, 2.05) is 18.3 Å². The zero-order chi connectivity index (χ0) is 17.1. The van der Waals surface area contributed by atoms with E-state index in [0.29, 0.717) is 17.6 Å². The summed E-state index contributed by atoms with van der Waals surface area (Å²) < 4.78 is 0. The summed E-state index contributed by atoms with van der Waals surface area (Å²) in [6, 6.07) is 9.23. The van der Waals surface area contributed by atoms with Crippen molar-refractivity contribution in [3.63, 3.8) is 0 Å². The first-order valence-electron chi connectivity index (χ1n) is 8.59. The van der Waals surface area contributed by atoms with Crippen LogP contribution in [0.3, 0.4) is 0 Å².